The highest BCUT2D eigenvalue weighted by atomic mass is 16.7. The summed E-state index contributed by atoms with van der Waals surface area (Å²) in [6, 6.07) is -0.827. The molecule has 0 spiro atoms. The number of aliphatic hydroxyl groups is 5. The molecule has 0 bridgehead atoms. The lowest BCUT2D eigenvalue weighted by atomic mass is 9.99. The lowest BCUT2D eigenvalue weighted by Gasteiger charge is -2.40. The predicted octanol–water partition coefficient (Wildman–Crippen LogP) is 20.5. The quantitative estimate of drug-likeness (QED) is 0.0195. The normalized spacial score (nSPS) is 18.0. The summed E-state index contributed by atoms with van der Waals surface area (Å²) < 4.78 is 16.7. The first-order valence-electron chi connectivity index (χ1n) is 38.6. The first-order chi connectivity index (χ1) is 44.2. The fraction of sp³-hybridized carbons (Fsp3) is 0.848. The van der Waals surface area contributed by atoms with E-state index in [9.17, 15) is 35.1 Å². The van der Waals surface area contributed by atoms with Crippen LogP contribution >= 0.6 is 0 Å². The maximum absolute atomic E-state index is 13.1. The third-order valence-electron chi connectivity index (χ3n) is 18.1. The molecular formula is C79H145NO10. The Morgan fingerprint density at radius 2 is 0.756 bits per heavy atom. The van der Waals surface area contributed by atoms with Gasteiger partial charge in [0.15, 0.2) is 6.29 Å². The molecule has 11 heteroatoms. The van der Waals surface area contributed by atoms with Crippen LogP contribution in [-0.4, -0.2) is 100 Å². The Bertz CT molecular complexity index is 1680. The molecule has 526 valence electrons. The maximum Gasteiger partial charge on any atom is 0.305 e. The summed E-state index contributed by atoms with van der Waals surface area (Å²) in [5, 5.41) is 54.6. The average Bonchev–Trinajstić information content (AvgIpc) is 1.31. The van der Waals surface area contributed by atoms with Gasteiger partial charge in [-0.25, -0.2) is 0 Å². The molecule has 1 fully saturated rings. The Balaban J connectivity index is 1.96. The van der Waals surface area contributed by atoms with E-state index in [4.69, 9.17) is 14.2 Å². The Morgan fingerprint density at radius 3 is 1.19 bits per heavy atom. The molecule has 1 saturated heterocycles. The monoisotopic (exact) mass is 1270 g/mol. The van der Waals surface area contributed by atoms with Gasteiger partial charge in [0.1, 0.15) is 24.4 Å². The van der Waals surface area contributed by atoms with Crippen LogP contribution in [0.25, 0.3) is 0 Å². The number of aliphatic hydroxyl groups excluding tert-OH is 5. The highest BCUT2D eigenvalue weighted by molar-refractivity contribution is 5.76. The number of carbonyl (C=O) groups excluding carboxylic acids is 2. The molecule has 7 unspecified atom stereocenters. The zero-order valence-electron chi connectivity index (χ0n) is 58.6. The van der Waals surface area contributed by atoms with E-state index < -0.39 is 49.5 Å². The smallest absolute Gasteiger partial charge is 0.305 e. The molecule has 1 aliphatic heterocycles. The minimum Gasteiger partial charge on any atom is -0.466 e. The number of ether oxygens (including phenoxy) is 3. The average molecular weight is 1270 g/mol. The van der Waals surface area contributed by atoms with E-state index in [1.165, 1.54) is 276 Å². The summed E-state index contributed by atoms with van der Waals surface area (Å²) in [6.45, 7) is 4.34. The van der Waals surface area contributed by atoms with E-state index in [-0.39, 0.29) is 18.5 Å². The van der Waals surface area contributed by atoms with Gasteiger partial charge in [-0.3, -0.25) is 9.59 Å². The summed E-state index contributed by atoms with van der Waals surface area (Å²) in [6.07, 6.45) is 80.9. The number of hydrogen-bond donors (Lipinski definition) is 6. The number of carbonyl (C=O) groups is 2. The molecule has 1 amide bonds. The van der Waals surface area contributed by atoms with Crippen molar-refractivity contribution in [3.63, 3.8) is 0 Å². The van der Waals surface area contributed by atoms with Crippen molar-refractivity contribution >= 4 is 11.9 Å². The molecule has 6 N–H and O–H groups in total. The summed E-state index contributed by atoms with van der Waals surface area (Å²) >= 11 is 0. The van der Waals surface area contributed by atoms with Crippen molar-refractivity contribution in [1.29, 1.82) is 0 Å². The molecule has 0 aromatic rings. The number of allylic oxidation sites excluding steroid dienone is 9. The second kappa shape index (κ2) is 67.8. The SMILES string of the molecule is CCCCC/C=C\CCCCCCCC(=O)OCCCCCCCCCCCCC/C=C\C/C=C\CCCCCCCCCCCCCCCCCCCC(=O)NC(COC1OC(CO)C(O)C(O)C1O)C(O)/C=C/CC/C=C/CCCCCCCCCCC. The van der Waals surface area contributed by atoms with Gasteiger partial charge in [0.05, 0.1) is 32.0 Å². The van der Waals surface area contributed by atoms with Gasteiger partial charge in [0, 0.05) is 12.8 Å². The van der Waals surface area contributed by atoms with Crippen LogP contribution in [0.2, 0.25) is 0 Å². The number of unbranched alkanes of at least 4 members (excludes halogenated alkanes) is 46. The van der Waals surface area contributed by atoms with E-state index >= 15 is 0 Å². The fourth-order valence-electron chi connectivity index (χ4n) is 12.0. The van der Waals surface area contributed by atoms with Crippen LogP contribution in [0, 0.1) is 0 Å². The van der Waals surface area contributed by atoms with E-state index in [0.717, 1.165) is 64.2 Å². The first-order valence-corrected chi connectivity index (χ1v) is 38.6. The van der Waals surface area contributed by atoms with Gasteiger partial charge in [-0.2, -0.15) is 0 Å². The molecule has 0 aromatic carbocycles. The van der Waals surface area contributed by atoms with Crippen molar-refractivity contribution in [3.05, 3.63) is 60.8 Å². The van der Waals surface area contributed by atoms with Crippen LogP contribution in [0.4, 0.5) is 0 Å². The maximum atomic E-state index is 13.1. The van der Waals surface area contributed by atoms with Gasteiger partial charge in [-0.05, 0) is 103 Å². The number of hydrogen-bond acceptors (Lipinski definition) is 10. The highest BCUT2D eigenvalue weighted by Gasteiger charge is 2.44. The fourth-order valence-corrected chi connectivity index (χ4v) is 12.0. The van der Waals surface area contributed by atoms with Gasteiger partial charge in [-0.1, -0.05) is 312 Å². The molecule has 0 radical (unpaired) electrons. The van der Waals surface area contributed by atoms with Crippen LogP contribution in [0.15, 0.2) is 60.8 Å². The van der Waals surface area contributed by atoms with Crippen molar-refractivity contribution in [2.24, 2.45) is 0 Å². The van der Waals surface area contributed by atoms with E-state index in [1.54, 1.807) is 6.08 Å². The van der Waals surface area contributed by atoms with Crippen molar-refractivity contribution in [3.8, 4) is 0 Å². The molecular weight excluding hydrogens is 1120 g/mol. The number of esters is 1. The van der Waals surface area contributed by atoms with Crippen molar-refractivity contribution in [2.45, 2.75) is 410 Å². The van der Waals surface area contributed by atoms with Crippen LogP contribution < -0.4 is 5.32 Å². The number of rotatable bonds is 68. The molecule has 1 aliphatic rings. The lowest BCUT2D eigenvalue weighted by Crippen LogP contribution is -2.60. The Morgan fingerprint density at radius 1 is 0.411 bits per heavy atom. The second-order valence-corrected chi connectivity index (χ2v) is 26.7. The van der Waals surface area contributed by atoms with Crippen LogP contribution in [0.3, 0.4) is 0 Å². The zero-order valence-corrected chi connectivity index (χ0v) is 58.6. The molecule has 0 aromatic heterocycles. The highest BCUT2D eigenvalue weighted by Crippen LogP contribution is 2.23. The molecule has 1 heterocycles. The zero-order chi connectivity index (χ0) is 65.1. The van der Waals surface area contributed by atoms with Gasteiger partial charge in [0.2, 0.25) is 5.91 Å². The third kappa shape index (κ3) is 55.8. The van der Waals surface area contributed by atoms with Crippen molar-refractivity contribution < 1.29 is 49.3 Å². The number of nitrogens with one attached hydrogen (secondary N) is 1. The second-order valence-electron chi connectivity index (χ2n) is 26.7. The topological polar surface area (TPSA) is 175 Å². The predicted molar refractivity (Wildman–Crippen MR) is 380 cm³/mol. The van der Waals surface area contributed by atoms with Crippen LogP contribution in [0.1, 0.15) is 367 Å². The van der Waals surface area contributed by atoms with Crippen LogP contribution in [0.5, 0.6) is 0 Å². The molecule has 1 rings (SSSR count). The Hall–Kier alpha value is -2.64. The van der Waals surface area contributed by atoms with Crippen molar-refractivity contribution in [2.75, 3.05) is 19.8 Å². The standard InChI is InChI=1S/C79H145NO10/c1-3-5-7-9-11-13-15-17-39-42-45-49-53-57-61-65-72(82)71(70-89-79-78(87)77(86)76(85)73(69-81)90-79)80-74(83)66-62-58-54-50-46-43-40-37-35-33-31-29-27-25-23-21-19-18-20-22-24-26-28-30-32-34-36-38-41-44-48-52-56-60-64-68-88-75(84)67-63-59-55-51-47-16-14-12-10-8-6-4-2/h12,14,20,22,26,28,45,49,61,65,71-73,76-79,81-82,85-87H,3-11,13,15-19,21,23-25,27,29-44,46-48,50-60,62-64,66-70H2,1-2H3,(H,80,83)/b14-12-,22-20-,28-26-,49-45+,65-61+. The van der Waals surface area contributed by atoms with Gasteiger partial charge in [-0.15, -0.1) is 0 Å². The Labute approximate surface area is 554 Å². The molecule has 90 heavy (non-hydrogen) atoms. The van der Waals surface area contributed by atoms with E-state index in [2.05, 4.69) is 67.8 Å². The molecule has 0 saturated carbocycles. The Kier molecular flexibility index (Phi) is 64.3. The minimum atomic E-state index is -1.58. The van der Waals surface area contributed by atoms with Crippen LogP contribution in [-0.2, 0) is 23.8 Å². The van der Waals surface area contributed by atoms with Gasteiger partial charge < -0.3 is 45.1 Å². The third-order valence-corrected chi connectivity index (χ3v) is 18.1. The summed E-state index contributed by atoms with van der Waals surface area (Å²) in [4.78, 5) is 25.1. The van der Waals surface area contributed by atoms with Gasteiger partial charge >= 0.3 is 5.97 Å². The molecule has 7 atom stereocenters. The van der Waals surface area contributed by atoms with E-state index in [0.29, 0.717) is 19.4 Å². The number of amides is 1. The summed E-state index contributed by atoms with van der Waals surface area (Å²) in [5.74, 6) is -0.188. The van der Waals surface area contributed by atoms with Crippen molar-refractivity contribution in [1.82, 2.24) is 5.32 Å². The van der Waals surface area contributed by atoms with Gasteiger partial charge in [0.25, 0.3) is 0 Å². The minimum absolute atomic E-state index is 0.000235. The lowest BCUT2D eigenvalue weighted by molar-refractivity contribution is -0.302. The summed E-state index contributed by atoms with van der Waals surface area (Å²) in [7, 11) is 0. The molecule has 0 aliphatic carbocycles. The largest absolute Gasteiger partial charge is 0.466 e. The summed E-state index contributed by atoms with van der Waals surface area (Å²) in [5.41, 5.74) is 0. The first kappa shape index (κ1) is 85.4. The van der Waals surface area contributed by atoms with E-state index in [1.807, 2.05) is 6.08 Å². The molecule has 11 nitrogen and oxygen atoms in total.